The van der Waals surface area contributed by atoms with Crippen LogP contribution in [-0.4, -0.2) is 43.3 Å². The van der Waals surface area contributed by atoms with Crippen molar-refractivity contribution < 1.29 is 4.74 Å². The number of hydrogen-bond donors (Lipinski definition) is 1. The second-order valence-electron chi connectivity index (χ2n) is 6.54. The molecule has 0 amide bonds. The van der Waals surface area contributed by atoms with Crippen LogP contribution in [0.4, 0.5) is 0 Å². The molecule has 0 bridgehead atoms. The maximum Gasteiger partial charge on any atom is 0.0510 e. The van der Waals surface area contributed by atoms with Gasteiger partial charge >= 0.3 is 0 Å². The van der Waals surface area contributed by atoms with Gasteiger partial charge in [-0.05, 0) is 44.6 Å². The lowest BCUT2D eigenvalue weighted by atomic mass is 9.94. The van der Waals surface area contributed by atoms with Crippen molar-refractivity contribution in [2.24, 2.45) is 17.6 Å². The molecule has 1 saturated carbocycles. The topological polar surface area (TPSA) is 38.5 Å². The van der Waals surface area contributed by atoms with E-state index in [0.29, 0.717) is 12.0 Å². The zero-order chi connectivity index (χ0) is 12.4. The first kappa shape index (κ1) is 12.9. The van der Waals surface area contributed by atoms with Crippen LogP contribution in [0.15, 0.2) is 0 Å². The van der Waals surface area contributed by atoms with Crippen LogP contribution in [0.1, 0.15) is 44.9 Å². The normalized spacial score (nSPS) is 36.5. The third-order valence-electron chi connectivity index (χ3n) is 5.37. The number of hydrogen-bond acceptors (Lipinski definition) is 3. The minimum absolute atomic E-state index is 0.328. The molecule has 3 unspecified atom stereocenters. The van der Waals surface area contributed by atoms with E-state index in [-0.39, 0.29) is 0 Å². The van der Waals surface area contributed by atoms with Crippen LogP contribution in [0.2, 0.25) is 0 Å². The summed E-state index contributed by atoms with van der Waals surface area (Å²) in [6.07, 6.45) is 9.80. The molecule has 104 valence electrons. The molecule has 0 aromatic rings. The summed E-state index contributed by atoms with van der Waals surface area (Å²) in [6.45, 7) is 4.20. The van der Waals surface area contributed by atoms with Gasteiger partial charge in [-0.1, -0.05) is 12.8 Å². The van der Waals surface area contributed by atoms with Crippen LogP contribution in [0.5, 0.6) is 0 Å². The lowest BCUT2D eigenvalue weighted by Gasteiger charge is -2.32. The number of nitrogens with zero attached hydrogens (tertiary/aromatic N) is 1. The van der Waals surface area contributed by atoms with Crippen LogP contribution in [0, 0.1) is 11.8 Å². The molecule has 18 heavy (non-hydrogen) atoms. The smallest absolute Gasteiger partial charge is 0.0510 e. The summed E-state index contributed by atoms with van der Waals surface area (Å²) in [7, 11) is 0. The molecule has 2 heterocycles. The van der Waals surface area contributed by atoms with Crippen LogP contribution in [0.3, 0.4) is 0 Å². The van der Waals surface area contributed by atoms with E-state index in [0.717, 1.165) is 31.7 Å². The van der Waals surface area contributed by atoms with Gasteiger partial charge in [0.15, 0.2) is 0 Å². The fourth-order valence-corrected chi connectivity index (χ4v) is 4.26. The van der Waals surface area contributed by atoms with Crippen molar-refractivity contribution in [3.63, 3.8) is 0 Å². The van der Waals surface area contributed by atoms with E-state index in [1.54, 1.807) is 0 Å². The Morgan fingerprint density at radius 3 is 2.67 bits per heavy atom. The highest BCUT2D eigenvalue weighted by Crippen LogP contribution is 2.35. The lowest BCUT2D eigenvalue weighted by molar-refractivity contribution is 0.150. The molecule has 0 spiro atoms. The number of nitrogens with two attached hydrogens (primary N) is 1. The molecule has 3 fully saturated rings. The molecule has 2 aliphatic heterocycles. The zero-order valence-electron chi connectivity index (χ0n) is 11.5. The predicted molar refractivity (Wildman–Crippen MR) is 73.5 cm³/mol. The van der Waals surface area contributed by atoms with Crippen molar-refractivity contribution in [1.82, 2.24) is 4.90 Å². The summed E-state index contributed by atoms with van der Waals surface area (Å²) >= 11 is 0. The van der Waals surface area contributed by atoms with E-state index < -0.39 is 0 Å². The average Bonchev–Trinajstić information content (AvgIpc) is 3.11. The summed E-state index contributed by atoms with van der Waals surface area (Å²) in [6, 6.07) is 1.18. The fourth-order valence-electron chi connectivity index (χ4n) is 4.26. The highest BCUT2D eigenvalue weighted by Gasteiger charge is 2.35. The van der Waals surface area contributed by atoms with Gasteiger partial charge in [-0.2, -0.15) is 0 Å². The van der Waals surface area contributed by atoms with Gasteiger partial charge in [0.1, 0.15) is 0 Å². The van der Waals surface area contributed by atoms with E-state index in [9.17, 15) is 0 Å². The second-order valence-corrected chi connectivity index (χ2v) is 6.54. The largest absolute Gasteiger partial charge is 0.381 e. The van der Waals surface area contributed by atoms with Crippen LogP contribution < -0.4 is 5.73 Å². The first-order valence-electron chi connectivity index (χ1n) is 7.92. The molecular formula is C15H28N2O. The van der Waals surface area contributed by atoms with Gasteiger partial charge in [-0.25, -0.2) is 0 Å². The Hall–Kier alpha value is -0.120. The van der Waals surface area contributed by atoms with Crippen molar-refractivity contribution >= 4 is 0 Å². The Bertz CT molecular complexity index is 259. The summed E-state index contributed by atoms with van der Waals surface area (Å²) in [5, 5.41) is 0. The Labute approximate surface area is 111 Å². The molecule has 0 radical (unpaired) electrons. The highest BCUT2D eigenvalue weighted by molar-refractivity contribution is 4.90. The maximum absolute atomic E-state index is 6.40. The molecule has 0 aromatic carbocycles. The number of rotatable bonds is 4. The van der Waals surface area contributed by atoms with Crippen molar-refractivity contribution in [3.8, 4) is 0 Å². The van der Waals surface area contributed by atoms with Gasteiger partial charge in [-0.15, -0.1) is 0 Å². The molecule has 0 aromatic heterocycles. The fraction of sp³-hybridized carbons (Fsp3) is 1.00. The summed E-state index contributed by atoms with van der Waals surface area (Å²) < 4.78 is 5.47. The third kappa shape index (κ3) is 2.73. The minimum Gasteiger partial charge on any atom is -0.381 e. The zero-order valence-corrected chi connectivity index (χ0v) is 11.5. The minimum atomic E-state index is 0.328. The van der Waals surface area contributed by atoms with Gasteiger partial charge in [-0.3, -0.25) is 4.90 Å². The van der Waals surface area contributed by atoms with E-state index in [1.165, 1.54) is 51.5 Å². The third-order valence-corrected chi connectivity index (χ3v) is 5.37. The predicted octanol–water partition coefficient (Wildman–Crippen LogP) is 2.00. The Morgan fingerprint density at radius 1 is 1.11 bits per heavy atom. The first-order valence-corrected chi connectivity index (χ1v) is 7.92. The molecule has 3 rings (SSSR count). The summed E-state index contributed by atoms with van der Waals surface area (Å²) in [4.78, 5) is 2.71. The van der Waals surface area contributed by atoms with Gasteiger partial charge in [0.25, 0.3) is 0 Å². The second kappa shape index (κ2) is 5.89. The maximum atomic E-state index is 6.40. The molecular weight excluding hydrogens is 224 g/mol. The quantitative estimate of drug-likeness (QED) is 0.832. The van der Waals surface area contributed by atoms with Crippen molar-refractivity contribution in [2.75, 3.05) is 26.3 Å². The Kier molecular flexibility index (Phi) is 4.22. The van der Waals surface area contributed by atoms with Crippen molar-refractivity contribution in [3.05, 3.63) is 0 Å². The standard InChI is InChI=1S/C15H28N2O/c16-14(13-7-9-18-11-13)10-17-8-3-6-15(17)12-4-1-2-5-12/h12-15H,1-11,16H2. The summed E-state index contributed by atoms with van der Waals surface area (Å²) in [5.41, 5.74) is 6.40. The molecule has 2 N–H and O–H groups in total. The van der Waals surface area contributed by atoms with Crippen molar-refractivity contribution in [2.45, 2.75) is 57.0 Å². The number of ether oxygens (including phenoxy) is 1. The molecule has 3 nitrogen and oxygen atoms in total. The Balaban J connectivity index is 1.53. The summed E-state index contributed by atoms with van der Waals surface area (Å²) in [5.74, 6) is 1.58. The highest BCUT2D eigenvalue weighted by atomic mass is 16.5. The van der Waals surface area contributed by atoms with Crippen LogP contribution in [-0.2, 0) is 4.74 Å². The number of likely N-dealkylation sites (tertiary alicyclic amines) is 1. The van der Waals surface area contributed by atoms with Crippen LogP contribution in [0.25, 0.3) is 0 Å². The van der Waals surface area contributed by atoms with E-state index in [1.807, 2.05) is 0 Å². The average molecular weight is 252 g/mol. The molecule has 3 aliphatic rings. The van der Waals surface area contributed by atoms with Gasteiger partial charge in [0.2, 0.25) is 0 Å². The monoisotopic (exact) mass is 252 g/mol. The van der Waals surface area contributed by atoms with E-state index in [4.69, 9.17) is 10.5 Å². The van der Waals surface area contributed by atoms with E-state index in [2.05, 4.69) is 4.90 Å². The molecule has 3 atom stereocenters. The lowest BCUT2D eigenvalue weighted by Crippen LogP contribution is -2.46. The van der Waals surface area contributed by atoms with Gasteiger partial charge in [0, 0.05) is 31.2 Å². The van der Waals surface area contributed by atoms with E-state index >= 15 is 0 Å². The van der Waals surface area contributed by atoms with Crippen molar-refractivity contribution in [1.29, 1.82) is 0 Å². The van der Waals surface area contributed by atoms with Crippen LogP contribution >= 0.6 is 0 Å². The molecule has 3 heteroatoms. The molecule has 2 saturated heterocycles. The molecule has 1 aliphatic carbocycles. The first-order chi connectivity index (χ1) is 8.84. The van der Waals surface area contributed by atoms with Gasteiger partial charge in [0.05, 0.1) is 6.61 Å². The van der Waals surface area contributed by atoms with Gasteiger partial charge < -0.3 is 10.5 Å². The SMILES string of the molecule is NC(CN1CCCC1C1CCCC1)C1CCOC1. The Morgan fingerprint density at radius 2 is 1.94 bits per heavy atom.